The smallest absolute Gasteiger partial charge is 0.126 e. The van der Waals surface area contributed by atoms with E-state index in [0.717, 1.165) is 23.2 Å². The lowest BCUT2D eigenvalue weighted by atomic mass is 9.92. The molecule has 0 amide bonds. The van der Waals surface area contributed by atoms with E-state index in [2.05, 4.69) is 77.6 Å². The molecule has 0 fully saturated rings. The highest BCUT2D eigenvalue weighted by Crippen LogP contribution is 2.41. The van der Waals surface area contributed by atoms with E-state index in [1.54, 1.807) is 0 Å². The van der Waals surface area contributed by atoms with Crippen molar-refractivity contribution in [1.82, 2.24) is 5.32 Å². The van der Waals surface area contributed by atoms with Crippen LogP contribution in [-0.2, 0) is 0 Å². The predicted octanol–water partition coefficient (Wildman–Crippen LogP) is 4.93. The molecule has 3 rings (SSSR count). The summed E-state index contributed by atoms with van der Waals surface area (Å²) in [6.45, 7) is 5.22. The molecule has 2 atom stereocenters. The second-order valence-corrected chi connectivity index (χ2v) is 6.46. The van der Waals surface area contributed by atoms with Crippen molar-refractivity contribution >= 4 is 15.9 Å². The van der Waals surface area contributed by atoms with E-state index in [4.69, 9.17) is 4.74 Å². The highest BCUT2D eigenvalue weighted by atomic mass is 79.9. The maximum atomic E-state index is 6.25. The first-order valence-corrected chi connectivity index (χ1v) is 8.22. The molecule has 3 heteroatoms. The van der Waals surface area contributed by atoms with Crippen LogP contribution in [0.5, 0.6) is 5.75 Å². The number of nitrogens with one attached hydrogen (secondary N) is 1. The lowest BCUT2D eigenvalue weighted by molar-refractivity contribution is 0.152. The van der Waals surface area contributed by atoms with Gasteiger partial charge in [0, 0.05) is 22.5 Å². The Kier molecular flexibility index (Phi) is 4.32. The molecule has 0 saturated heterocycles. The van der Waals surface area contributed by atoms with Gasteiger partial charge in [0.2, 0.25) is 0 Å². The van der Waals surface area contributed by atoms with Crippen molar-refractivity contribution < 1.29 is 4.74 Å². The van der Waals surface area contributed by atoms with Gasteiger partial charge < -0.3 is 10.1 Å². The van der Waals surface area contributed by atoms with Crippen molar-refractivity contribution in [1.29, 1.82) is 0 Å². The summed E-state index contributed by atoms with van der Waals surface area (Å²) < 4.78 is 7.30. The molecule has 0 saturated carbocycles. The van der Waals surface area contributed by atoms with Gasteiger partial charge in [-0.2, -0.15) is 0 Å². The molecule has 2 aromatic rings. The third kappa shape index (κ3) is 3.14. The summed E-state index contributed by atoms with van der Waals surface area (Å²) in [4.78, 5) is 0. The lowest BCUT2D eigenvalue weighted by Crippen LogP contribution is -2.29. The Morgan fingerprint density at radius 1 is 1.19 bits per heavy atom. The fraction of sp³-hybridized carbons (Fsp3) is 0.333. The molecule has 2 aromatic carbocycles. The number of ether oxygens (including phenoxy) is 1. The third-order valence-corrected chi connectivity index (χ3v) is 4.46. The van der Waals surface area contributed by atoms with Gasteiger partial charge in [-0.15, -0.1) is 0 Å². The number of halogens is 1. The van der Waals surface area contributed by atoms with E-state index >= 15 is 0 Å². The number of fused-ring (bicyclic) bond motifs is 1. The Bertz CT molecular complexity index is 624. The van der Waals surface area contributed by atoms with E-state index in [0.29, 0.717) is 6.04 Å². The fourth-order valence-electron chi connectivity index (χ4n) is 2.87. The Morgan fingerprint density at radius 2 is 1.95 bits per heavy atom. The quantitative estimate of drug-likeness (QED) is 0.851. The fourth-order valence-corrected chi connectivity index (χ4v) is 3.21. The van der Waals surface area contributed by atoms with Gasteiger partial charge in [0.15, 0.2) is 0 Å². The van der Waals surface area contributed by atoms with Crippen molar-refractivity contribution in [3.8, 4) is 5.75 Å². The summed E-state index contributed by atoms with van der Waals surface area (Å²) in [7, 11) is 0. The minimum atomic E-state index is 0.108. The van der Waals surface area contributed by atoms with Crippen LogP contribution in [0.4, 0.5) is 0 Å². The Balaban J connectivity index is 1.94. The number of aryl methyl sites for hydroxylation is 1. The van der Waals surface area contributed by atoms with Crippen LogP contribution in [0.15, 0.2) is 46.9 Å². The first-order valence-electron chi connectivity index (χ1n) is 7.43. The van der Waals surface area contributed by atoms with Crippen molar-refractivity contribution in [3.05, 3.63) is 63.6 Å². The summed E-state index contributed by atoms with van der Waals surface area (Å²) in [6, 6.07) is 15.3. The summed E-state index contributed by atoms with van der Waals surface area (Å²) in [5, 5.41) is 3.58. The number of benzene rings is 2. The summed E-state index contributed by atoms with van der Waals surface area (Å²) >= 11 is 3.53. The molecule has 1 aliphatic heterocycles. The van der Waals surface area contributed by atoms with E-state index in [1.807, 2.05) is 0 Å². The molecule has 0 aromatic heterocycles. The number of hydrogen-bond acceptors (Lipinski definition) is 2. The van der Waals surface area contributed by atoms with E-state index in [-0.39, 0.29) is 6.10 Å². The molecule has 0 radical (unpaired) electrons. The second kappa shape index (κ2) is 6.20. The minimum absolute atomic E-state index is 0.108. The van der Waals surface area contributed by atoms with Gasteiger partial charge >= 0.3 is 0 Å². The second-order valence-electron chi connectivity index (χ2n) is 5.55. The number of rotatable bonds is 3. The van der Waals surface area contributed by atoms with Gasteiger partial charge in [0.25, 0.3) is 0 Å². The van der Waals surface area contributed by atoms with Crippen molar-refractivity contribution in [2.24, 2.45) is 0 Å². The molecule has 1 aliphatic rings. The van der Waals surface area contributed by atoms with Gasteiger partial charge in [0.1, 0.15) is 11.9 Å². The van der Waals surface area contributed by atoms with Crippen LogP contribution in [0.25, 0.3) is 0 Å². The largest absolute Gasteiger partial charge is 0.485 e. The van der Waals surface area contributed by atoms with Crippen LogP contribution >= 0.6 is 15.9 Å². The molecule has 2 nitrogen and oxygen atoms in total. The normalized spacial score (nSPS) is 20.7. The Morgan fingerprint density at radius 3 is 2.67 bits per heavy atom. The zero-order chi connectivity index (χ0) is 14.8. The standard InChI is InChI=1S/C18H20BrNO/c1-3-20-16-11-17(13-6-4-12(2)5-7-13)21-18-10-14(19)8-9-15(16)18/h4-10,16-17,20H,3,11H2,1-2H3. The van der Waals surface area contributed by atoms with E-state index in [9.17, 15) is 0 Å². The molecule has 1 heterocycles. The van der Waals surface area contributed by atoms with Gasteiger partial charge in [-0.05, 0) is 31.2 Å². The monoisotopic (exact) mass is 345 g/mol. The van der Waals surface area contributed by atoms with Gasteiger partial charge in [-0.25, -0.2) is 0 Å². The zero-order valence-electron chi connectivity index (χ0n) is 12.4. The zero-order valence-corrected chi connectivity index (χ0v) is 14.0. The highest BCUT2D eigenvalue weighted by Gasteiger charge is 2.28. The molecule has 21 heavy (non-hydrogen) atoms. The lowest BCUT2D eigenvalue weighted by Gasteiger charge is -2.33. The van der Waals surface area contributed by atoms with Crippen LogP contribution in [0.2, 0.25) is 0 Å². The Labute approximate surface area is 134 Å². The first-order chi connectivity index (χ1) is 10.2. The van der Waals surface area contributed by atoms with Gasteiger partial charge in [-0.3, -0.25) is 0 Å². The Hall–Kier alpha value is -1.32. The average molecular weight is 346 g/mol. The van der Waals surface area contributed by atoms with Crippen LogP contribution in [0, 0.1) is 6.92 Å². The van der Waals surface area contributed by atoms with E-state index < -0.39 is 0 Å². The number of hydrogen-bond donors (Lipinski definition) is 1. The summed E-state index contributed by atoms with van der Waals surface area (Å²) in [5.74, 6) is 0.979. The van der Waals surface area contributed by atoms with Gasteiger partial charge in [-0.1, -0.05) is 58.7 Å². The molecule has 1 N–H and O–H groups in total. The van der Waals surface area contributed by atoms with Crippen molar-refractivity contribution in [2.75, 3.05) is 6.54 Å². The summed E-state index contributed by atoms with van der Waals surface area (Å²) in [6.07, 6.45) is 1.07. The molecule has 0 aliphatic carbocycles. The summed E-state index contributed by atoms with van der Waals surface area (Å²) in [5.41, 5.74) is 3.78. The molecular weight excluding hydrogens is 326 g/mol. The SMILES string of the molecule is CCNC1CC(c2ccc(C)cc2)Oc2cc(Br)ccc21. The van der Waals surface area contributed by atoms with Crippen LogP contribution in [0.3, 0.4) is 0 Å². The van der Waals surface area contributed by atoms with Crippen molar-refractivity contribution in [3.63, 3.8) is 0 Å². The first kappa shape index (κ1) is 14.6. The molecule has 0 bridgehead atoms. The molecule has 2 unspecified atom stereocenters. The average Bonchev–Trinajstić information content (AvgIpc) is 2.47. The topological polar surface area (TPSA) is 21.3 Å². The third-order valence-electron chi connectivity index (χ3n) is 3.97. The maximum Gasteiger partial charge on any atom is 0.126 e. The van der Waals surface area contributed by atoms with Crippen LogP contribution in [-0.4, -0.2) is 6.54 Å². The van der Waals surface area contributed by atoms with Gasteiger partial charge in [0.05, 0.1) is 0 Å². The van der Waals surface area contributed by atoms with Crippen molar-refractivity contribution in [2.45, 2.75) is 32.4 Å². The van der Waals surface area contributed by atoms with Crippen LogP contribution < -0.4 is 10.1 Å². The molecule has 110 valence electrons. The minimum Gasteiger partial charge on any atom is -0.485 e. The highest BCUT2D eigenvalue weighted by molar-refractivity contribution is 9.10. The predicted molar refractivity (Wildman–Crippen MR) is 89.7 cm³/mol. The van der Waals surface area contributed by atoms with E-state index in [1.165, 1.54) is 16.7 Å². The molecule has 0 spiro atoms. The maximum absolute atomic E-state index is 6.25. The van der Waals surface area contributed by atoms with Crippen LogP contribution in [0.1, 0.15) is 42.2 Å². The molecular formula is C18H20BrNO.